The molecule has 0 fully saturated rings. The third-order valence-corrected chi connectivity index (χ3v) is 4.23. The molecule has 0 saturated heterocycles. The Hall–Kier alpha value is -3.72. The predicted molar refractivity (Wildman–Crippen MR) is 111 cm³/mol. The molecular weight excluding hydrogens is 415 g/mol. The largest absolute Gasteiger partial charge is 0.493 e. The number of halogens is 2. The highest BCUT2D eigenvalue weighted by atomic mass is 35.5. The van der Waals surface area contributed by atoms with Crippen molar-refractivity contribution in [3.8, 4) is 11.5 Å². The molecule has 30 heavy (non-hydrogen) atoms. The van der Waals surface area contributed by atoms with Crippen molar-refractivity contribution in [3.63, 3.8) is 0 Å². The summed E-state index contributed by atoms with van der Waals surface area (Å²) in [6.45, 7) is -0.0267. The summed E-state index contributed by atoms with van der Waals surface area (Å²) < 4.78 is 24.7. The number of hydrazone groups is 1. The van der Waals surface area contributed by atoms with Crippen LogP contribution in [0.5, 0.6) is 11.5 Å². The summed E-state index contributed by atoms with van der Waals surface area (Å²) in [5.41, 5.74) is 3.24. The van der Waals surface area contributed by atoms with Crippen LogP contribution in [0.4, 0.5) is 15.9 Å². The van der Waals surface area contributed by atoms with Gasteiger partial charge in [-0.25, -0.2) is 9.37 Å². The lowest BCUT2D eigenvalue weighted by atomic mass is 10.2. The van der Waals surface area contributed by atoms with E-state index in [-0.39, 0.29) is 34.7 Å². The smallest absolute Gasteiger partial charge is 0.313 e. The number of ether oxygens (including phenoxy) is 2. The monoisotopic (exact) mass is 430 g/mol. The van der Waals surface area contributed by atoms with Gasteiger partial charge in [-0.05, 0) is 29.8 Å². The second-order valence-corrected chi connectivity index (χ2v) is 6.32. The van der Waals surface area contributed by atoms with Crippen LogP contribution in [0.15, 0.2) is 59.8 Å². The van der Waals surface area contributed by atoms with Crippen molar-refractivity contribution in [2.75, 3.05) is 12.5 Å². The highest BCUT2D eigenvalue weighted by molar-refractivity contribution is 6.32. The van der Waals surface area contributed by atoms with Gasteiger partial charge in [0.1, 0.15) is 12.4 Å². The molecule has 0 radical (unpaired) electrons. The summed E-state index contributed by atoms with van der Waals surface area (Å²) in [5, 5.41) is 15.2. The van der Waals surface area contributed by atoms with Crippen LogP contribution in [0.25, 0.3) is 0 Å². The molecule has 0 bridgehead atoms. The quantitative estimate of drug-likeness (QED) is 0.312. The lowest BCUT2D eigenvalue weighted by molar-refractivity contribution is -0.384. The van der Waals surface area contributed by atoms with Crippen molar-refractivity contribution in [2.45, 2.75) is 6.61 Å². The number of methoxy groups -OCH3 is 1. The van der Waals surface area contributed by atoms with Crippen LogP contribution in [0.1, 0.15) is 11.1 Å². The molecule has 10 heteroatoms. The summed E-state index contributed by atoms with van der Waals surface area (Å²) in [5.74, 6) is 0.199. The number of anilines is 1. The normalized spacial score (nSPS) is 10.8. The van der Waals surface area contributed by atoms with Crippen LogP contribution in [0.2, 0.25) is 5.02 Å². The summed E-state index contributed by atoms with van der Waals surface area (Å²) in [4.78, 5) is 14.3. The van der Waals surface area contributed by atoms with E-state index in [1.54, 1.807) is 30.3 Å². The van der Waals surface area contributed by atoms with Crippen LogP contribution in [-0.4, -0.2) is 23.2 Å². The maximum atomic E-state index is 13.8. The Bertz CT molecular complexity index is 1090. The molecule has 0 aliphatic carbocycles. The summed E-state index contributed by atoms with van der Waals surface area (Å²) in [6.07, 6.45) is 2.81. The maximum absolute atomic E-state index is 13.8. The first kappa shape index (κ1) is 21.0. The molecule has 0 saturated carbocycles. The van der Waals surface area contributed by atoms with Crippen molar-refractivity contribution in [2.24, 2.45) is 5.10 Å². The number of hydrogen-bond donors (Lipinski definition) is 1. The number of aromatic nitrogens is 1. The Kier molecular flexibility index (Phi) is 6.76. The average Bonchev–Trinajstić information content (AvgIpc) is 2.74. The zero-order valence-electron chi connectivity index (χ0n) is 15.7. The van der Waals surface area contributed by atoms with Gasteiger partial charge in [-0.3, -0.25) is 15.5 Å². The average molecular weight is 431 g/mol. The fourth-order valence-corrected chi connectivity index (χ4v) is 2.79. The standard InChI is InChI=1S/C20H16ClFN4O4/c1-29-18-10-13(11-24-25-20-17(26(27)28)7-4-8-23-20)9-15(21)19(18)30-12-14-5-2-3-6-16(14)22/h2-11H,12H2,1H3,(H,23,25)/b24-11-. The van der Waals surface area contributed by atoms with Gasteiger partial charge in [0.25, 0.3) is 0 Å². The molecule has 0 spiro atoms. The molecule has 0 unspecified atom stereocenters. The van der Waals surface area contributed by atoms with Gasteiger partial charge >= 0.3 is 5.69 Å². The number of nitrogens with one attached hydrogen (secondary N) is 1. The minimum Gasteiger partial charge on any atom is -0.493 e. The summed E-state index contributed by atoms with van der Waals surface area (Å²) >= 11 is 6.30. The van der Waals surface area contributed by atoms with Gasteiger partial charge in [-0.1, -0.05) is 29.8 Å². The molecule has 3 aromatic rings. The van der Waals surface area contributed by atoms with E-state index in [0.717, 1.165) is 0 Å². The molecule has 2 aromatic carbocycles. The Morgan fingerprint density at radius 2 is 2.10 bits per heavy atom. The number of benzene rings is 2. The Morgan fingerprint density at radius 3 is 2.83 bits per heavy atom. The van der Waals surface area contributed by atoms with Gasteiger partial charge in [0.15, 0.2) is 11.5 Å². The molecule has 8 nitrogen and oxygen atoms in total. The first-order valence-corrected chi connectivity index (χ1v) is 8.99. The third kappa shape index (κ3) is 5.00. The molecule has 1 heterocycles. The van der Waals surface area contributed by atoms with E-state index in [1.807, 2.05) is 0 Å². The Labute approximate surface area is 176 Å². The van der Waals surface area contributed by atoms with Crippen molar-refractivity contribution in [3.05, 3.63) is 86.8 Å². The van der Waals surface area contributed by atoms with E-state index in [0.29, 0.717) is 16.9 Å². The summed E-state index contributed by atoms with van der Waals surface area (Å²) in [6, 6.07) is 12.2. The first-order valence-electron chi connectivity index (χ1n) is 8.62. The van der Waals surface area contributed by atoms with Gasteiger partial charge in [0, 0.05) is 17.8 Å². The molecule has 154 valence electrons. The first-order chi connectivity index (χ1) is 14.5. The summed E-state index contributed by atoms with van der Waals surface area (Å²) in [7, 11) is 1.44. The minimum atomic E-state index is -0.563. The molecule has 0 aliphatic heterocycles. The highest BCUT2D eigenvalue weighted by Gasteiger charge is 2.14. The fourth-order valence-electron chi connectivity index (χ4n) is 2.52. The maximum Gasteiger partial charge on any atom is 0.313 e. The van der Waals surface area contributed by atoms with Gasteiger partial charge in [-0.15, -0.1) is 0 Å². The van der Waals surface area contributed by atoms with Gasteiger partial charge < -0.3 is 9.47 Å². The number of nitrogens with zero attached hydrogens (tertiary/aromatic N) is 3. The zero-order chi connectivity index (χ0) is 21.5. The fraction of sp³-hybridized carbons (Fsp3) is 0.100. The van der Waals surface area contributed by atoms with E-state index in [1.165, 1.54) is 37.7 Å². The Morgan fingerprint density at radius 1 is 1.30 bits per heavy atom. The molecule has 0 aliphatic rings. The zero-order valence-corrected chi connectivity index (χ0v) is 16.5. The van der Waals surface area contributed by atoms with Crippen molar-refractivity contribution < 1.29 is 18.8 Å². The number of pyridine rings is 1. The van der Waals surface area contributed by atoms with Crippen LogP contribution in [0.3, 0.4) is 0 Å². The van der Waals surface area contributed by atoms with Crippen molar-refractivity contribution in [1.82, 2.24) is 4.98 Å². The SMILES string of the molecule is COc1cc(/C=N\Nc2ncccc2[N+](=O)[O-])cc(Cl)c1OCc1ccccc1F. The van der Waals surface area contributed by atoms with E-state index in [4.69, 9.17) is 21.1 Å². The van der Waals surface area contributed by atoms with Crippen molar-refractivity contribution >= 4 is 29.3 Å². The number of hydrogen-bond acceptors (Lipinski definition) is 7. The van der Waals surface area contributed by atoms with Crippen LogP contribution in [-0.2, 0) is 6.61 Å². The van der Waals surface area contributed by atoms with Crippen LogP contribution in [0, 0.1) is 15.9 Å². The van der Waals surface area contributed by atoms with Crippen LogP contribution < -0.4 is 14.9 Å². The molecular formula is C20H16ClFN4O4. The Balaban J connectivity index is 1.76. The van der Waals surface area contributed by atoms with E-state index >= 15 is 0 Å². The second-order valence-electron chi connectivity index (χ2n) is 5.91. The molecule has 1 N–H and O–H groups in total. The van der Waals surface area contributed by atoms with E-state index < -0.39 is 4.92 Å². The van der Waals surface area contributed by atoms with Gasteiger partial charge in [0.2, 0.25) is 5.82 Å². The molecule has 1 aromatic heterocycles. The molecule has 3 rings (SSSR count). The third-order valence-electron chi connectivity index (χ3n) is 3.95. The van der Waals surface area contributed by atoms with E-state index in [2.05, 4.69) is 15.5 Å². The lowest BCUT2D eigenvalue weighted by Crippen LogP contribution is -2.02. The van der Waals surface area contributed by atoms with Gasteiger partial charge in [0.05, 0.1) is 23.3 Å². The highest BCUT2D eigenvalue weighted by Crippen LogP contribution is 2.36. The minimum absolute atomic E-state index is 0.00153. The molecule has 0 atom stereocenters. The second kappa shape index (κ2) is 9.66. The topological polar surface area (TPSA) is 98.9 Å². The molecule has 0 amide bonds. The lowest BCUT2D eigenvalue weighted by Gasteiger charge is -2.13. The number of nitro groups is 1. The van der Waals surface area contributed by atoms with Crippen molar-refractivity contribution in [1.29, 1.82) is 0 Å². The predicted octanol–water partition coefficient (Wildman–Crippen LogP) is 4.82. The number of rotatable bonds is 8. The van der Waals surface area contributed by atoms with Crippen LogP contribution >= 0.6 is 11.6 Å². The van der Waals surface area contributed by atoms with Gasteiger partial charge in [-0.2, -0.15) is 5.10 Å². The van der Waals surface area contributed by atoms with E-state index in [9.17, 15) is 14.5 Å².